The fraction of sp³-hybridized carbons (Fsp3) is 0.231. The average Bonchev–Trinajstić information content (AvgIpc) is 2.48. The Morgan fingerprint density at radius 3 is 1.95 bits per heavy atom. The summed E-state index contributed by atoms with van der Waals surface area (Å²) in [6, 6.07) is 6.13. The normalized spacial score (nSPS) is 9.43. The summed E-state index contributed by atoms with van der Waals surface area (Å²) in [6.45, 7) is 1.64. The Morgan fingerprint density at radius 1 is 0.952 bits per heavy atom. The van der Waals surface area contributed by atoms with E-state index in [1.54, 1.807) is 19.1 Å². The largest absolute Gasteiger partial charge is 0.459 e. The molecule has 0 heterocycles. The van der Waals surface area contributed by atoms with E-state index >= 15 is 0 Å². The molecular formula is C13H15N3O5. The van der Waals surface area contributed by atoms with Crippen molar-refractivity contribution in [2.75, 3.05) is 24.3 Å². The van der Waals surface area contributed by atoms with E-state index in [4.69, 9.17) is 0 Å². The molecule has 0 aliphatic rings. The number of anilines is 2. The molecule has 8 nitrogen and oxygen atoms in total. The minimum atomic E-state index is -1.04. The zero-order chi connectivity index (χ0) is 15.8. The quantitative estimate of drug-likeness (QED) is 0.531. The van der Waals surface area contributed by atoms with Gasteiger partial charge in [0.05, 0.1) is 18.0 Å². The van der Waals surface area contributed by atoms with Crippen molar-refractivity contribution in [3.05, 3.63) is 24.3 Å². The molecule has 0 bridgehead atoms. The molecule has 0 unspecified atom stereocenters. The molecule has 0 spiro atoms. The summed E-state index contributed by atoms with van der Waals surface area (Å²) in [5, 5.41) is 6.78. The van der Waals surface area contributed by atoms with Crippen molar-refractivity contribution >= 4 is 35.1 Å². The second kappa shape index (κ2) is 7.63. The van der Waals surface area contributed by atoms with Crippen molar-refractivity contribution in [1.82, 2.24) is 5.32 Å². The standard InChI is InChI=1S/C13H15N3O5/c1-3-21-13(20)12(19)16-9-7-5-4-6-8(9)15-11(18)10(17)14-2/h4-7H,3H2,1-2H3,(H,14,17)(H,15,18)(H,16,19). The lowest BCUT2D eigenvalue weighted by atomic mass is 10.2. The highest BCUT2D eigenvalue weighted by atomic mass is 16.5. The number of benzene rings is 1. The third kappa shape index (κ3) is 4.60. The number of esters is 1. The van der Waals surface area contributed by atoms with Gasteiger partial charge in [0.15, 0.2) is 0 Å². The molecule has 1 rings (SSSR count). The number of hydrogen-bond donors (Lipinski definition) is 3. The van der Waals surface area contributed by atoms with Crippen molar-refractivity contribution in [2.24, 2.45) is 0 Å². The molecule has 0 aliphatic heterocycles. The molecule has 0 saturated carbocycles. The first-order valence-corrected chi connectivity index (χ1v) is 6.09. The summed E-state index contributed by atoms with van der Waals surface area (Å²) < 4.78 is 4.55. The van der Waals surface area contributed by atoms with Crippen LogP contribution in [0.2, 0.25) is 0 Å². The molecule has 0 atom stereocenters. The molecule has 112 valence electrons. The monoisotopic (exact) mass is 293 g/mol. The second-order valence-electron chi connectivity index (χ2n) is 3.75. The molecule has 0 fully saturated rings. The topological polar surface area (TPSA) is 114 Å². The molecule has 1 aromatic carbocycles. The van der Waals surface area contributed by atoms with Gasteiger partial charge in [-0.05, 0) is 19.1 Å². The van der Waals surface area contributed by atoms with E-state index in [0.717, 1.165) is 0 Å². The third-order valence-electron chi connectivity index (χ3n) is 2.32. The Morgan fingerprint density at radius 2 is 1.48 bits per heavy atom. The van der Waals surface area contributed by atoms with Gasteiger partial charge in [-0.3, -0.25) is 14.4 Å². The number of rotatable bonds is 3. The van der Waals surface area contributed by atoms with Gasteiger partial charge in [0.2, 0.25) is 0 Å². The summed E-state index contributed by atoms with van der Waals surface area (Å²) in [4.78, 5) is 45.5. The van der Waals surface area contributed by atoms with Gasteiger partial charge < -0.3 is 20.7 Å². The van der Waals surface area contributed by atoms with E-state index in [0.29, 0.717) is 0 Å². The van der Waals surface area contributed by atoms with Gasteiger partial charge >= 0.3 is 23.7 Å². The summed E-state index contributed by atoms with van der Waals surface area (Å²) in [7, 11) is 1.32. The van der Waals surface area contributed by atoms with E-state index in [-0.39, 0.29) is 18.0 Å². The van der Waals surface area contributed by atoms with Gasteiger partial charge in [-0.1, -0.05) is 12.1 Å². The lowest BCUT2D eigenvalue weighted by Crippen LogP contribution is -2.33. The van der Waals surface area contributed by atoms with Gasteiger partial charge in [-0.15, -0.1) is 0 Å². The first-order valence-electron chi connectivity index (χ1n) is 6.09. The van der Waals surface area contributed by atoms with Crippen molar-refractivity contribution < 1.29 is 23.9 Å². The van der Waals surface area contributed by atoms with Crippen LogP contribution < -0.4 is 16.0 Å². The number of para-hydroxylation sites is 2. The van der Waals surface area contributed by atoms with Gasteiger partial charge in [0, 0.05) is 7.05 Å². The molecular weight excluding hydrogens is 278 g/mol. The predicted octanol–water partition coefficient (Wildman–Crippen LogP) is -0.127. The number of hydrogen-bond acceptors (Lipinski definition) is 5. The van der Waals surface area contributed by atoms with Crippen LogP contribution in [0.1, 0.15) is 6.92 Å². The van der Waals surface area contributed by atoms with E-state index in [1.165, 1.54) is 19.2 Å². The van der Waals surface area contributed by atoms with Crippen LogP contribution in [-0.4, -0.2) is 37.3 Å². The van der Waals surface area contributed by atoms with Crippen molar-refractivity contribution in [3.63, 3.8) is 0 Å². The van der Waals surface area contributed by atoms with Crippen LogP contribution in [0.5, 0.6) is 0 Å². The van der Waals surface area contributed by atoms with Crippen molar-refractivity contribution in [3.8, 4) is 0 Å². The number of carbonyl (C=O) groups excluding carboxylic acids is 4. The molecule has 0 saturated heterocycles. The van der Waals surface area contributed by atoms with Gasteiger partial charge in [0.1, 0.15) is 0 Å². The Hall–Kier alpha value is -2.90. The average molecular weight is 293 g/mol. The molecule has 0 aromatic heterocycles. The number of carbonyl (C=O) groups is 4. The molecule has 0 aliphatic carbocycles. The molecule has 8 heteroatoms. The molecule has 3 amide bonds. The zero-order valence-corrected chi connectivity index (χ0v) is 11.6. The van der Waals surface area contributed by atoms with E-state index in [9.17, 15) is 19.2 Å². The number of likely N-dealkylation sites (N-methyl/N-ethyl adjacent to an activating group) is 1. The number of ether oxygens (including phenoxy) is 1. The Labute approximate surface area is 120 Å². The lowest BCUT2D eigenvalue weighted by Gasteiger charge is -2.11. The number of nitrogens with one attached hydrogen (secondary N) is 3. The maximum Gasteiger partial charge on any atom is 0.397 e. The van der Waals surface area contributed by atoms with Crippen LogP contribution in [0.3, 0.4) is 0 Å². The second-order valence-corrected chi connectivity index (χ2v) is 3.75. The third-order valence-corrected chi connectivity index (χ3v) is 2.32. The zero-order valence-electron chi connectivity index (χ0n) is 11.6. The Kier molecular flexibility index (Phi) is 5.87. The highest BCUT2D eigenvalue weighted by Gasteiger charge is 2.18. The lowest BCUT2D eigenvalue weighted by molar-refractivity contribution is -0.152. The maximum absolute atomic E-state index is 11.6. The van der Waals surface area contributed by atoms with Crippen LogP contribution >= 0.6 is 0 Å². The minimum Gasteiger partial charge on any atom is -0.459 e. The van der Waals surface area contributed by atoms with Crippen molar-refractivity contribution in [1.29, 1.82) is 0 Å². The first-order chi connectivity index (χ1) is 9.99. The van der Waals surface area contributed by atoms with E-state index < -0.39 is 23.7 Å². The molecule has 1 aromatic rings. The Balaban J connectivity index is 2.85. The van der Waals surface area contributed by atoms with E-state index in [2.05, 4.69) is 20.7 Å². The SMILES string of the molecule is CCOC(=O)C(=O)Nc1ccccc1NC(=O)C(=O)NC. The highest BCUT2D eigenvalue weighted by molar-refractivity contribution is 6.40. The van der Waals surface area contributed by atoms with Crippen LogP contribution in [0.4, 0.5) is 11.4 Å². The van der Waals surface area contributed by atoms with E-state index in [1.807, 2.05) is 0 Å². The molecule has 0 radical (unpaired) electrons. The number of amides is 3. The fourth-order valence-corrected chi connectivity index (χ4v) is 1.36. The Bertz CT molecular complexity index is 571. The van der Waals surface area contributed by atoms with Gasteiger partial charge in [-0.25, -0.2) is 4.79 Å². The summed E-state index contributed by atoms with van der Waals surface area (Å²) in [5.74, 6) is -3.74. The summed E-state index contributed by atoms with van der Waals surface area (Å²) >= 11 is 0. The molecule has 3 N–H and O–H groups in total. The highest BCUT2D eigenvalue weighted by Crippen LogP contribution is 2.20. The minimum absolute atomic E-state index is 0.0707. The summed E-state index contributed by atoms with van der Waals surface area (Å²) in [5.41, 5.74) is 0.358. The van der Waals surface area contributed by atoms with Crippen LogP contribution in [0, 0.1) is 0 Å². The van der Waals surface area contributed by atoms with Gasteiger partial charge in [0.25, 0.3) is 0 Å². The summed E-state index contributed by atoms with van der Waals surface area (Å²) in [6.07, 6.45) is 0. The first kappa shape index (κ1) is 16.2. The van der Waals surface area contributed by atoms with Crippen molar-refractivity contribution in [2.45, 2.75) is 6.92 Å². The van der Waals surface area contributed by atoms with Crippen LogP contribution in [0.25, 0.3) is 0 Å². The van der Waals surface area contributed by atoms with Gasteiger partial charge in [-0.2, -0.15) is 0 Å². The fourth-order valence-electron chi connectivity index (χ4n) is 1.36. The smallest absolute Gasteiger partial charge is 0.397 e. The maximum atomic E-state index is 11.6. The van der Waals surface area contributed by atoms with Crippen LogP contribution in [0.15, 0.2) is 24.3 Å². The predicted molar refractivity (Wildman–Crippen MR) is 74.4 cm³/mol. The molecule has 21 heavy (non-hydrogen) atoms. The van der Waals surface area contributed by atoms with Crippen LogP contribution in [-0.2, 0) is 23.9 Å².